The lowest BCUT2D eigenvalue weighted by Gasteiger charge is -2.11. The van der Waals surface area contributed by atoms with E-state index in [2.05, 4.69) is 17.2 Å². The maximum absolute atomic E-state index is 11.5. The van der Waals surface area contributed by atoms with Crippen LogP contribution < -0.4 is 10.9 Å². The summed E-state index contributed by atoms with van der Waals surface area (Å²) in [5.41, 5.74) is -0.0807. The molecule has 1 unspecified atom stereocenters. The fraction of sp³-hybridized carbons (Fsp3) is 0.556. The van der Waals surface area contributed by atoms with E-state index in [9.17, 15) is 4.79 Å². The second-order valence-corrected chi connectivity index (χ2v) is 3.15. The van der Waals surface area contributed by atoms with E-state index in [1.54, 1.807) is 19.4 Å². The van der Waals surface area contributed by atoms with Gasteiger partial charge in [-0.05, 0) is 13.3 Å². The average Bonchev–Trinajstić information content (AvgIpc) is 2.13. The molecule has 0 bridgehead atoms. The van der Waals surface area contributed by atoms with Gasteiger partial charge in [-0.3, -0.25) is 4.79 Å². The van der Waals surface area contributed by atoms with Crippen molar-refractivity contribution in [1.29, 1.82) is 0 Å². The number of nitrogens with zero attached hydrogens (tertiary/aromatic N) is 2. The van der Waals surface area contributed by atoms with Gasteiger partial charge >= 0.3 is 0 Å². The Kier molecular flexibility index (Phi) is 3.06. The molecule has 4 nitrogen and oxygen atoms in total. The van der Waals surface area contributed by atoms with Gasteiger partial charge in [0.15, 0.2) is 5.82 Å². The lowest BCUT2D eigenvalue weighted by Crippen LogP contribution is -2.25. The summed E-state index contributed by atoms with van der Waals surface area (Å²) in [6.45, 7) is 4.08. The number of aryl methyl sites for hydroxylation is 1. The van der Waals surface area contributed by atoms with Crippen LogP contribution in [0.25, 0.3) is 0 Å². The van der Waals surface area contributed by atoms with E-state index in [4.69, 9.17) is 0 Å². The van der Waals surface area contributed by atoms with Gasteiger partial charge in [-0.1, -0.05) is 6.92 Å². The third-order valence-corrected chi connectivity index (χ3v) is 2.01. The minimum absolute atomic E-state index is 0.0807. The molecule has 13 heavy (non-hydrogen) atoms. The van der Waals surface area contributed by atoms with E-state index >= 15 is 0 Å². The van der Waals surface area contributed by atoms with Gasteiger partial charge in [0.05, 0.1) is 0 Å². The molecule has 0 fully saturated rings. The first-order valence-electron chi connectivity index (χ1n) is 4.43. The molecule has 1 aromatic heterocycles. The lowest BCUT2D eigenvalue weighted by molar-refractivity contribution is 0.746. The molecule has 0 spiro atoms. The van der Waals surface area contributed by atoms with E-state index in [0.29, 0.717) is 5.82 Å². The van der Waals surface area contributed by atoms with Crippen molar-refractivity contribution in [2.45, 2.75) is 26.3 Å². The van der Waals surface area contributed by atoms with Crippen LogP contribution in [0.15, 0.2) is 17.2 Å². The van der Waals surface area contributed by atoms with Crippen LogP contribution in [0.5, 0.6) is 0 Å². The SMILES string of the molecule is CCC(C)Nc1nccn(C)c1=O. The van der Waals surface area contributed by atoms with E-state index in [1.807, 2.05) is 6.92 Å². The normalized spacial score (nSPS) is 12.5. The largest absolute Gasteiger partial charge is 0.363 e. The number of rotatable bonds is 3. The van der Waals surface area contributed by atoms with Gasteiger partial charge in [-0.15, -0.1) is 0 Å². The van der Waals surface area contributed by atoms with Gasteiger partial charge in [0, 0.05) is 25.5 Å². The van der Waals surface area contributed by atoms with Crippen molar-refractivity contribution in [2.24, 2.45) is 7.05 Å². The summed E-state index contributed by atoms with van der Waals surface area (Å²) < 4.78 is 1.51. The van der Waals surface area contributed by atoms with Crippen LogP contribution in [0, 0.1) is 0 Å². The van der Waals surface area contributed by atoms with Crippen LogP contribution in [-0.2, 0) is 7.05 Å². The maximum atomic E-state index is 11.5. The molecule has 1 atom stereocenters. The number of aromatic nitrogens is 2. The van der Waals surface area contributed by atoms with Crippen LogP contribution in [0.1, 0.15) is 20.3 Å². The van der Waals surface area contributed by atoms with Gasteiger partial charge in [-0.25, -0.2) is 4.98 Å². The summed E-state index contributed by atoms with van der Waals surface area (Å²) in [6.07, 6.45) is 4.23. The molecule has 0 amide bonds. The highest BCUT2D eigenvalue weighted by Crippen LogP contribution is 1.98. The van der Waals surface area contributed by atoms with Gasteiger partial charge in [-0.2, -0.15) is 0 Å². The van der Waals surface area contributed by atoms with Crippen molar-refractivity contribution in [3.8, 4) is 0 Å². The molecule has 0 aliphatic rings. The second-order valence-electron chi connectivity index (χ2n) is 3.15. The average molecular weight is 181 g/mol. The number of hydrogen-bond donors (Lipinski definition) is 1. The Morgan fingerprint density at radius 2 is 2.38 bits per heavy atom. The lowest BCUT2D eigenvalue weighted by atomic mass is 10.3. The van der Waals surface area contributed by atoms with Crippen molar-refractivity contribution < 1.29 is 0 Å². The van der Waals surface area contributed by atoms with Crippen LogP contribution in [-0.4, -0.2) is 15.6 Å². The molecular formula is C9H15N3O. The molecule has 1 aromatic rings. The highest BCUT2D eigenvalue weighted by molar-refractivity contribution is 5.31. The molecule has 1 rings (SSSR count). The monoisotopic (exact) mass is 181 g/mol. The highest BCUT2D eigenvalue weighted by atomic mass is 16.1. The zero-order valence-electron chi connectivity index (χ0n) is 8.24. The number of anilines is 1. The molecule has 0 aromatic carbocycles. The second kappa shape index (κ2) is 4.07. The summed E-state index contributed by atoms with van der Waals surface area (Å²) in [4.78, 5) is 15.4. The van der Waals surface area contributed by atoms with Crippen molar-refractivity contribution in [3.63, 3.8) is 0 Å². The quantitative estimate of drug-likeness (QED) is 0.756. The van der Waals surface area contributed by atoms with E-state index in [-0.39, 0.29) is 11.6 Å². The minimum atomic E-state index is -0.0807. The molecule has 0 aliphatic carbocycles. The molecule has 0 radical (unpaired) electrons. The molecule has 0 saturated carbocycles. The molecular weight excluding hydrogens is 166 g/mol. The summed E-state index contributed by atoms with van der Waals surface area (Å²) in [5, 5.41) is 3.06. The molecule has 0 saturated heterocycles. The van der Waals surface area contributed by atoms with Crippen molar-refractivity contribution in [3.05, 3.63) is 22.7 Å². The first-order valence-corrected chi connectivity index (χ1v) is 4.43. The zero-order valence-corrected chi connectivity index (χ0v) is 8.24. The predicted molar refractivity (Wildman–Crippen MR) is 52.9 cm³/mol. The molecule has 72 valence electrons. The Hall–Kier alpha value is -1.32. The zero-order chi connectivity index (χ0) is 9.84. The van der Waals surface area contributed by atoms with Crippen molar-refractivity contribution >= 4 is 5.82 Å². The summed E-state index contributed by atoms with van der Waals surface area (Å²) in [6, 6.07) is 0.280. The molecule has 0 aliphatic heterocycles. The van der Waals surface area contributed by atoms with Crippen molar-refractivity contribution in [2.75, 3.05) is 5.32 Å². The van der Waals surface area contributed by atoms with E-state index in [1.165, 1.54) is 4.57 Å². The molecule has 4 heteroatoms. The number of hydrogen-bond acceptors (Lipinski definition) is 3. The van der Waals surface area contributed by atoms with E-state index < -0.39 is 0 Å². The first kappa shape index (κ1) is 9.77. The van der Waals surface area contributed by atoms with Gasteiger partial charge in [0.25, 0.3) is 5.56 Å². The first-order chi connectivity index (χ1) is 6.15. The minimum Gasteiger partial charge on any atom is -0.363 e. The fourth-order valence-electron chi connectivity index (χ4n) is 0.932. The Morgan fingerprint density at radius 3 is 3.00 bits per heavy atom. The van der Waals surface area contributed by atoms with Crippen molar-refractivity contribution in [1.82, 2.24) is 9.55 Å². The van der Waals surface area contributed by atoms with Gasteiger partial charge in [0.1, 0.15) is 0 Å². The van der Waals surface area contributed by atoms with Gasteiger partial charge < -0.3 is 9.88 Å². The maximum Gasteiger partial charge on any atom is 0.293 e. The van der Waals surface area contributed by atoms with Gasteiger partial charge in [0.2, 0.25) is 0 Å². The highest BCUT2D eigenvalue weighted by Gasteiger charge is 2.04. The third kappa shape index (κ3) is 2.31. The van der Waals surface area contributed by atoms with Crippen LogP contribution in [0.4, 0.5) is 5.82 Å². The predicted octanol–water partition coefficient (Wildman–Crippen LogP) is 0.991. The Morgan fingerprint density at radius 1 is 1.69 bits per heavy atom. The van der Waals surface area contributed by atoms with Crippen LogP contribution >= 0.6 is 0 Å². The Bertz CT molecular complexity index is 332. The fourth-order valence-corrected chi connectivity index (χ4v) is 0.932. The van der Waals surface area contributed by atoms with Crippen LogP contribution in [0.3, 0.4) is 0 Å². The summed E-state index contributed by atoms with van der Waals surface area (Å²) in [7, 11) is 1.71. The van der Waals surface area contributed by atoms with E-state index in [0.717, 1.165) is 6.42 Å². The smallest absolute Gasteiger partial charge is 0.293 e. The standard InChI is InChI=1S/C9H15N3O/c1-4-7(2)11-8-9(13)12(3)6-5-10-8/h5-7H,4H2,1-3H3,(H,10,11). The number of nitrogens with one attached hydrogen (secondary N) is 1. The van der Waals surface area contributed by atoms with Crippen LogP contribution in [0.2, 0.25) is 0 Å². The third-order valence-electron chi connectivity index (χ3n) is 2.01. The Labute approximate surface area is 77.6 Å². The summed E-state index contributed by atoms with van der Waals surface area (Å²) in [5.74, 6) is 0.430. The Balaban J connectivity index is 2.89. The topological polar surface area (TPSA) is 46.9 Å². The molecule has 1 heterocycles. The summed E-state index contributed by atoms with van der Waals surface area (Å²) >= 11 is 0. The molecule has 1 N–H and O–H groups in total.